The van der Waals surface area contributed by atoms with Gasteiger partial charge in [-0.25, -0.2) is 4.79 Å². The molecule has 0 saturated carbocycles. The molecule has 108 valence electrons. The van der Waals surface area contributed by atoms with Crippen molar-refractivity contribution in [1.29, 1.82) is 0 Å². The van der Waals surface area contributed by atoms with Crippen molar-refractivity contribution >= 4 is 22.5 Å². The largest absolute Gasteiger partial charge is 0.393 e. The Morgan fingerprint density at radius 2 is 2.21 bits per heavy atom. The molecule has 1 aromatic heterocycles. The molecular weight excluding hydrogens is 264 g/mol. The summed E-state index contributed by atoms with van der Waals surface area (Å²) in [5.74, 6) is 0. The number of urea groups is 1. The number of nitrogens with zero attached hydrogens (tertiary/aromatic N) is 2. The maximum Gasteiger partial charge on any atom is 0.321 e. The van der Waals surface area contributed by atoms with E-state index in [1.807, 2.05) is 6.92 Å². The van der Waals surface area contributed by atoms with Gasteiger partial charge >= 0.3 is 6.03 Å². The minimum absolute atomic E-state index is 0.304. The van der Waals surface area contributed by atoms with Crippen molar-refractivity contribution in [1.82, 2.24) is 15.5 Å². The smallest absolute Gasteiger partial charge is 0.321 e. The van der Waals surface area contributed by atoms with Gasteiger partial charge < -0.3 is 10.4 Å². The maximum absolute atomic E-state index is 11.5. The second kappa shape index (κ2) is 8.82. The first-order valence-corrected chi connectivity index (χ1v) is 7.52. The standard InChI is InChI=1S/C12H22N4O2S/c1-3-5-6-10-15-16-12(19-10)14-11(18)13-8-7-9(17)4-2/h9,17H,3-8H2,1-2H3,(H2,13,14,16,18). The van der Waals surface area contributed by atoms with Crippen LogP contribution in [0.15, 0.2) is 0 Å². The molecule has 0 saturated heterocycles. The Bertz CT molecular complexity index is 384. The van der Waals surface area contributed by atoms with Crippen LogP contribution in [0.25, 0.3) is 0 Å². The van der Waals surface area contributed by atoms with Crippen molar-refractivity contribution in [3.8, 4) is 0 Å². The van der Waals surface area contributed by atoms with Crippen LogP contribution in [0.1, 0.15) is 44.5 Å². The number of aliphatic hydroxyl groups excluding tert-OH is 1. The SMILES string of the molecule is CCCCc1nnc(NC(=O)NCCC(O)CC)s1. The van der Waals surface area contributed by atoms with Gasteiger partial charge in [-0.1, -0.05) is 31.6 Å². The van der Waals surface area contributed by atoms with Crippen molar-refractivity contribution in [2.24, 2.45) is 0 Å². The highest BCUT2D eigenvalue weighted by Crippen LogP contribution is 2.16. The average Bonchev–Trinajstić information content (AvgIpc) is 2.83. The maximum atomic E-state index is 11.5. The summed E-state index contributed by atoms with van der Waals surface area (Å²) in [7, 11) is 0. The molecule has 1 aromatic rings. The van der Waals surface area contributed by atoms with Crippen LogP contribution >= 0.6 is 11.3 Å². The molecule has 1 unspecified atom stereocenters. The van der Waals surface area contributed by atoms with Gasteiger partial charge in [0.25, 0.3) is 0 Å². The van der Waals surface area contributed by atoms with Crippen LogP contribution in [0.2, 0.25) is 0 Å². The average molecular weight is 286 g/mol. The molecule has 1 rings (SSSR count). The Hall–Kier alpha value is -1.21. The van der Waals surface area contributed by atoms with Gasteiger partial charge in [0.2, 0.25) is 5.13 Å². The highest BCUT2D eigenvalue weighted by molar-refractivity contribution is 7.15. The van der Waals surface area contributed by atoms with E-state index in [1.165, 1.54) is 11.3 Å². The summed E-state index contributed by atoms with van der Waals surface area (Å²) in [4.78, 5) is 11.5. The van der Waals surface area contributed by atoms with E-state index in [0.29, 0.717) is 24.5 Å². The number of hydrogen-bond donors (Lipinski definition) is 3. The Morgan fingerprint density at radius 3 is 2.89 bits per heavy atom. The number of anilines is 1. The third-order valence-electron chi connectivity index (χ3n) is 2.67. The zero-order valence-corrected chi connectivity index (χ0v) is 12.3. The third-order valence-corrected chi connectivity index (χ3v) is 3.56. The number of hydrogen-bond acceptors (Lipinski definition) is 5. The lowest BCUT2D eigenvalue weighted by Gasteiger charge is -2.08. The van der Waals surface area contributed by atoms with E-state index in [9.17, 15) is 9.90 Å². The molecule has 0 aliphatic carbocycles. The zero-order valence-electron chi connectivity index (χ0n) is 11.5. The normalized spacial score (nSPS) is 12.2. The van der Waals surface area contributed by atoms with Crippen LogP contribution in [0.3, 0.4) is 0 Å². The van der Waals surface area contributed by atoms with E-state index < -0.39 is 0 Å². The summed E-state index contributed by atoms with van der Waals surface area (Å²) < 4.78 is 0. The molecule has 0 spiro atoms. The lowest BCUT2D eigenvalue weighted by molar-refractivity contribution is 0.160. The molecule has 0 aliphatic heterocycles. The molecule has 0 bridgehead atoms. The first-order valence-electron chi connectivity index (χ1n) is 6.71. The highest BCUT2D eigenvalue weighted by atomic mass is 32.1. The summed E-state index contributed by atoms with van der Waals surface area (Å²) in [6, 6.07) is -0.304. The quantitative estimate of drug-likeness (QED) is 0.683. The van der Waals surface area contributed by atoms with Gasteiger partial charge in [0.05, 0.1) is 6.10 Å². The first kappa shape index (κ1) is 15.8. The second-order valence-corrected chi connectivity index (χ2v) is 5.40. The van der Waals surface area contributed by atoms with Gasteiger partial charge in [-0.15, -0.1) is 10.2 Å². The van der Waals surface area contributed by atoms with E-state index >= 15 is 0 Å². The van der Waals surface area contributed by atoms with Gasteiger partial charge in [0.1, 0.15) is 5.01 Å². The van der Waals surface area contributed by atoms with Crippen molar-refractivity contribution in [3.05, 3.63) is 5.01 Å². The number of rotatable bonds is 8. The van der Waals surface area contributed by atoms with E-state index in [0.717, 1.165) is 24.3 Å². The number of aliphatic hydroxyl groups is 1. The number of amides is 2. The molecule has 0 aromatic carbocycles. The van der Waals surface area contributed by atoms with Crippen molar-refractivity contribution in [3.63, 3.8) is 0 Å². The molecule has 0 fully saturated rings. The molecule has 0 radical (unpaired) electrons. The number of carbonyl (C=O) groups excluding carboxylic acids is 1. The predicted octanol–water partition coefficient (Wildman–Crippen LogP) is 2.16. The molecule has 19 heavy (non-hydrogen) atoms. The van der Waals surface area contributed by atoms with E-state index in [1.54, 1.807) is 0 Å². The van der Waals surface area contributed by atoms with Gasteiger partial charge in [-0.05, 0) is 19.3 Å². The van der Waals surface area contributed by atoms with Crippen molar-refractivity contribution in [2.75, 3.05) is 11.9 Å². The molecule has 1 atom stereocenters. The molecule has 3 N–H and O–H groups in total. The van der Waals surface area contributed by atoms with Crippen LogP contribution in [0.5, 0.6) is 0 Å². The van der Waals surface area contributed by atoms with Crippen LogP contribution in [-0.2, 0) is 6.42 Å². The van der Waals surface area contributed by atoms with Crippen LogP contribution in [0, 0.1) is 0 Å². The monoisotopic (exact) mass is 286 g/mol. The molecule has 1 heterocycles. The van der Waals surface area contributed by atoms with E-state index in [2.05, 4.69) is 27.8 Å². The van der Waals surface area contributed by atoms with Gasteiger partial charge in [0, 0.05) is 13.0 Å². The Balaban J connectivity index is 2.26. The van der Waals surface area contributed by atoms with Crippen molar-refractivity contribution in [2.45, 2.75) is 52.1 Å². The van der Waals surface area contributed by atoms with Gasteiger partial charge in [-0.2, -0.15) is 0 Å². The number of unbranched alkanes of at least 4 members (excludes halogenated alkanes) is 1. The molecule has 2 amide bonds. The summed E-state index contributed by atoms with van der Waals surface area (Å²) in [6.45, 7) is 4.48. The minimum atomic E-state index is -0.359. The van der Waals surface area contributed by atoms with Crippen LogP contribution in [-0.4, -0.2) is 34.0 Å². The summed E-state index contributed by atoms with van der Waals surface area (Å²) in [6.07, 6.45) is 3.99. The van der Waals surface area contributed by atoms with Gasteiger partial charge in [-0.3, -0.25) is 5.32 Å². The fourth-order valence-corrected chi connectivity index (χ4v) is 2.21. The summed E-state index contributed by atoms with van der Waals surface area (Å²) in [5.41, 5.74) is 0. The number of aryl methyl sites for hydroxylation is 1. The fourth-order valence-electron chi connectivity index (χ4n) is 1.43. The lowest BCUT2D eigenvalue weighted by Crippen LogP contribution is -2.31. The number of aromatic nitrogens is 2. The predicted molar refractivity (Wildman–Crippen MR) is 76.5 cm³/mol. The molecule has 6 nitrogen and oxygen atoms in total. The molecular formula is C12H22N4O2S. The topological polar surface area (TPSA) is 87.1 Å². The summed E-state index contributed by atoms with van der Waals surface area (Å²) >= 11 is 1.40. The minimum Gasteiger partial charge on any atom is -0.393 e. The fraction of sp³-hybridized carbons (Fsp3) is 0.750. The lowest BCUT2D eigenvalue weighted by atomic mass is 10.2. The van der Waals surface area contributed by atoms with E-state index in [-0.39, 0.29) is 12.1 Å². The summed E-state index contributed by atoms with van der Waals surface area (Å²) in [5, 5.41) is 24.1. The number of nitrogens with one attached hydrogen (secondary N) is 2. The van der Waals surface area contributed by atoms with Crippen molar-refractivity contribution < 1.29 is 9.90 Å². The zero-order chi connectivity index (χ0) is 14.1. The second-order valence-electron chi connectivity index (χ2n) is 4.34. The third kappa shape index (κ3) is 6.49. The van der Waals surface area contributed by atoms with Crippen LogP contribution < -0.4 is 10.6 Å². The van der Waals surface area contributed by atoms with Crippen LogP contribution in [0.4, 0.5) is 9.93 Å². The highest BCUT2D eigenvalue weighted by Gasteiger charge is 2.08. The Labute approximate surface area is 117 Å². The Kier molecular flexibility index (Phi) is 7.35. The van der Waals surface area contributed by atoms with Gasteiger partial charge in [0.15, 0.2) is 0 Å². The molecule has 7 heteroatoms. The first-order chi connectivity index (χ1) is 9.15. The Morgan fingerprint density at radius 1 is 1.42 bits per heavy atom. The molecule has 0 aliphatic rings. The van der Waals surface area contributed by atoms with E-state index in [4.69, 9.17) is 0 Å². The number of carbonyl (C=O) groups is 1.